The molecule has 1 N–H and O–H groups in total. The molecule has 1 aliphatic rings. The summed E-state index contributed by atoms with van der Waals surface area (Å²) in [6.07, 6.45) is 2.39. The molecule has 5 heteroatoms. The van der Waals surface area contributed by atoms with E-state index in [9.17, 15) is 4.79 Å². The number of hydrogen-bond acceptors (Lipinski definition) is 4. The Morgan fingerprint density at radius 1 is 1.03 bits per heavy atom. The van der Waals surface area contributed by atoms with Crippen molar-refractivity contribution in [1.82, 2.24) is 9.55 Å². The van der Waals surface area contributed by atoms with Crippen molar-refractivity contribution in [3.63, 3.8) is 0 Å². The first kappa shape index (κ1) is 18.4. The number of benzene rings is 2. The molecular weight excluding hydrogens is 374 g/mol. The minimum atomic E-state index is -0.103. The van der Waals surface area contributed by atoms with Gasteiger partial charge in [-0.05, 0) is 49.9 Å². The van der Waals surface area contributed by atoms with E-state index in [1.54, 1.807) is 6.07 Å². The van der Waals surface area contributed by atoms with Gasteiger partial charge in [-0.1, -0.05) is 36.4 Å². The Morgan fingerprint density at radius 2 is 1.73 bits per heavy atom. The van der Waals surface area contributed by atoms with Crippen molar-refractivity contribution >= 4 is 22.5 Å². The monoisotopic (exact) mass is 397 g/mol. The van der Waals surface area contributed by atoms with Crippen LogP contribution in [0.1, 0.15) is 18.5 Å². The van der Waals surface area contributed by atoms with Gasteiger partial charge in [0.2, 0.25) is 0 Å². The molecule has 0 spiro atoms. The molecule has 2 aromatic heterocycles. The van der Waals surface area contributed by atoms with Crippen LogP contribution >= 0.6 is 0 Å². The third-order valence-corrected chi connectivity index (χ3v) is 5.29. The highest BCUT2D eigenvalue weighted by atomic mass is 16.5. The highest BCUT2D eigenvalue weighted by Gasteiger charge is 2.23. The number of hydrogen-bond donors (Lipinski definition) is 1. The molecule has 5 rings (SSSR count). The summed E-state index contributed by atoms with van der Waals surface area (Å²) in [5.41, 5.74) is 3.13. The van der Waals surface area contributed by atoms with Crippen molar-refractivity contribution < 1.29 is 4.74 Å². The first-order chi connectivity index (χ1) is 14.7. The van der Waals surface area contributed by atoms with Gasteiger partial charge < -0.3 is 10.1 Å². The fraction of sp³-hybridized carbons (Fsp3) is 0.200. The Morgan fingerprint density at radius 3 is 2.43 bits per heavy atom. The maximum absolute atomic E-state index is 13.2. The van der Waals surface area contributed by atoms with Gasteiger partial charge in [-0.15, -0.1) is 0 Å². The quantitative estimate of drug-likeness (QED) is 0.484. The molecule has 0 saturated heterocycles. The average Bonchev–Trinajstić information content (AvgIpc) is 3.58. The summed E-state index contributed by atoms with van der Waals surface area (Å²) in [7, 11) is 0. The molecule has 5 nitrogen and oxygen atoms in total. The Bertz CT molecular complexity index is 1250. The Kier molecular flexibility index (Phi) is 4.71. The third-order valence-electron chi connectivity index (χ3n) is 5.29. The second-order valence-corrected chi connectivity index (χ2v) is 7.77. The molecular formula is C25H23N3O2. The zero-order valence-corrected chi connectivity index (χ0v) is 16.8. The van der Waals surface area contributed by atoms with Crippen molar-refractivity contribution in [2.45, 2.75) is 19.8 Å². The number of para-hydroxylation sites is 2. The SMILES string of the molecule is Cc1cc(OCC2CC2)c2c(=O)cc(Nc3ccccc3)n(-c3ccccc3)c2n1. The van der Waals surface area contributed by atoms with Crippen LogP contribution in [-0.4, -0.2) is 16.2 Å². The number of pyridine rings is 2. The van der Waals surface area contributed by atoms with Gasteiger partial charge in [0, 0.05) is 29.2 Å². The van der Waals surface area contributed by atoms with Crippen LogP contribution in [0.25, 0.3) is 16.7 Å². The number of nitrogens with zero attached hydrogens (tertiary/aromatic N) is 2. The summed E-state index contributed by atoms with van der Waals surface area (Å²) in [4.78, 5) is 18.0. The van der Waals surface area contributed by atoms with E-state index in [1.165, 1.54) is 12.8 Å². The predicted molar refractivity (Wildman–Crippen MR) is 120 cm³/mol. The van der Waals surface area contributed by atoms with Gasteiger partial charge in [-0.25, -0.2) is 4.98 Å². The lowest BCUT2D eigenvalue weighted by Gasteiger charge is -2.19. The molecule has 0 bridgehead atoms. The lowest BCUT2D eigenvalue weighted by Crippen LogP contribution is -2.15. The molecule has 0 amide bonds. The Labute approximate surface area is 175 Å². The van der Waals surface area contributed by atoms with Crippen LogP contribution in [0.4, 0.5) is 11.5 Å². The van der Waals surface area contributed by atoms with Crippen LogP contribution < -0.4 is 15.5 Å². The zero-order chi connectivity index (χ0) is 20.5. The van der Waals surface area contributed by atoms with Gasteiger partial charge in [0.25, 0.3) is 0 Å². The molecule has 2 aromatic carbocycles. The highest BCUT2D eigenvalue weighted by molar-refractivity contribution is 5.86. The standard InChI is InChI=1S/C25H23N3O2/c1-17-14-22(30-16-18-12-13-18)24-21(29)15-23(27-19-8-4-2-5-9-19)28(25(24)26-17)20-10-6-3-7-11-20/h2-11,14-15,18,27H,12-13,16H2,1H3. The van der Waals surface area contributed by atoms with Gasteiger partial charge >= 0.3 is 0 Å². The fourth-order valence-corrected chi connectivity index (χ4v) is 3.60. The summed E-state index contributed by atoms with van der Waals surface area (Å²) in [5, 5.41) is 3.90. The van der Waals surface area contributed by atoms with Gasteiger partial charge in [0.1, 0.15) is 17.0 Å². The minimum Gasteiger partial charge on any atom is -0.492 e. The number of nitrogens with one attached hydrogen (secondary N) is 1. The van der Waals surface area contributed by atoms with Crippen LogP contribution in [-0.2, 0) is 0 Å². The largest absolute Gasteiger partial charge is 0.492 e. The van der Waals surface area contributed by atoms with E-state index in [-0.39, 0.29) is 5.43 Å². The van der Waals surface area contributed by atoms with E-state index < -0.39 is 0 Å². The second-order valence-electron chi connectivity index (χ2n) is 7.77. The predicted octanol–water partition coefficient (Wildman–Crippen LogP) is 5.23. The summed E-state index contributed by atoms with van der Waals surface area (Å²) in [6.45, 7) is 2.58. The molecule has 1 aliphatic carbocycles. The van der Waals surface area contributed by atoms with Crippen LogP contribution in [0.5, 0.6) is 5.75 Å². The fourth-order valence-electron chi connectivity index (χ4n) is 3.60. The highest BCUT2D eigenvalue weighted by Crippen LogP contribution is 2.33. The molecule has 0 radical (unpaired) electrons. The van der Waals surface area contributed by atoms with Crippen LogP contribution in [0.2, 0.25) is 0 Å². The second kappa shape index (κ2) is 7.67. The molecule has 30 heavy (non-hydrogen) atoms. The van der Waals surface area contributed by atoms with E-state index in [2.05, 4.69) is 5.32 Å². The summed E-state index contributed by atoms with van der Waals surface area (Å²) in [5.74, 6) is 1.88. The third kappa shape index (κ3) is 3.66. The lowest BCUT2D eigenvalue weighted by molar-refractivity contribution is 0.302. The molecule has 150 valence electrons. The van der Waals surface area contributed by atoms with Crippen LogP contribution in [0.3, 0.4) is 0 Å². The minimum absolute atomic E-state index is 0.103. The van der Waals surface area contributed by atoms with E-state index in [0.717, 1.165) is 17.1 Å². The zero-order valence-electron chi connectivity index (χ0n) is 16.8. The number of anilines is 2. The number of fused-ring (bicyclic) bond motifs is 1. The number of ether oxygens (including phenoxy) is 1. The number of aryl methyl sites for hydroxylation is 1. The smallest absolute Gasteiger partial charge is 0.196 e. The van der Waals surface area contributed by atoms with E-state index >= 15 is 0 Å². The summed E-state index contributed by atoms with van der Waals surface area (Å²) >= 11 is 0. The normalized spacial score (nSPS) is 13.4. The van der Waals surface area contributed by atoms with E-state index in [1.807, 2.05) is 78.2 Å². The number of aromatic nitrogens is 2. The van der Waals surface area contributed by atoms with Crippen molar-refractivity contribution in [3.8, 4) is 11.4 Å². The molecule has 0 atom stereocenters. The molecule has 0 aliphatic heterocycles. The maximum Gasteiger partial charge on any atom is 0.196 e. The van der Waals surface area contributed by atoms with E-state index in [0.29, 0.717) is 35.1 Å². The van der Waals surface area contributed by atoms with Crippen molar-refractivity contribution in [2.75, 3.05) is 11.9 Å². The lowest BCUT2D eigenvalue weighted by atomic mass is 10.2. The van der Waals surface area contributed by atoms with Gasteiger partial charge in [-0.3, -0.25) is 9.36 Å². The Balaban J connectivity index is 1.74. The van der Waals surface area contributed by atoms with Crippen LogP contribution in [0.15, 0.2) is 77.6 Å². The summed E-state index contributed by atoms with van der Waals surface area (Å²) < 4.78 is 8.07. The molecule has 1 fully saturated rings. The molecule has 4 aromatic rings. The van der Waals surface area contributed by atoms with Gasteiger partial charge in [0.15, 0.2) is 11.1 Å². The number of rotatable bonds is 6. The Hall–Kier alpha value is -3.60. The molecule has 1 saturated carbocycles. The van der Waals surface area contributed by atoms with Gasteiger partial charge in [0.05, 0.1) is 6.61 Å². The van der Waals surface area contributed by atoms with Gasteiger partial charge in [-0.2, -0.15) is 0 Å². The van der Waals surface area contributed by atoms with E-state index in [4.69, 9.17) is 9.72 Å². The first-order valence-electron chi connectivity index (χ1n) is 10.3. The molecule has 2 heterocycles. The topological polar surface area (TPSA) is 56.1 Å². The molecule has 0 unspecified atom stereocenters. The summed E-state index contributed by atoms with van der Waals surface area (Å²) in [6, 6.07) is 23.3. The van der Waals surface area contributed by atoms with Crippen molar-refractivity contribution in [1.29, 1.82) is 0 Å². The average molecular weight is 397 g/mol. The first-order valence-corrected chi connectivity index (χ1v) is 10.3. The van der Waals surface area contributed by atoms with Crippen molar-refractivity contribution in [3.05, 3.63) is 88.7 Å². The van der Waals surface area contributed by atoms with Crippen LogP contribution in [0, 0.1) is 12.8 Å². The van der Waals surface area contributed by atoms with Crippen molar-refractivity contribution in [2.24, 2.45) is 5.92 Å². The maximum atomic E-state index is 13.2.